The average molecular weight is 889 g/mol. The number of halogens is 6. The smallest absolute Gasteiger partial charge is 0.327 e. The number of nitrogens with two attached hydrogens (primary N) is 2. The van der Waals surface area contributed by atoms with E-state index in [4.69, 9.17) is 90.7 Å². The first-order chi connectivity index (χ1) is 26.5. The minimum absolute atomic E-state index is 0.0346. The van der Waals surface area contributed by atoms with Gasteiger partial charge in [-0.15, -0.1) is 5.10 Å². The van der Waals surface area contributed by atoms with E-state index >= 15 is 0 Å². The molecule has 294 valence electrons. The van der Waals surface area contributed by atoms with E-state index < -0.39 is 35.0 Å². The number of ketones is 2. The summed E-state index contributed by atoms with van der Waals surface area (Å²) in [5.41, 5.74) is 4.87. The van der Waals surface area contributed by atoms with Crippen LogP contribution < -0.4 is 11.6 Å². The number of hydrazine groups is 1. The molecule has 0 spiro atoms. The Bertz CT molecular complexity index is 2420. The van der Waals surface area contributed by atoms with Crippen LogP contribution in [0.3, 0.4) is 0 Å². The number of carbonyl (C=O) groups is 4. The number of aromatic hydroxyl groups is 2. The van der Waals surface area contributed by atoms with Crippen molar-refractivity contribution < 1.29 is 38.9 Å². The van der Waals surface area contributed by atoms with Gasteiger partial charge in [-0.05, 0) is 44.2 Å². The number of esters is 2. The number of nitrogens with one attached hydrogen (secondary N) is 1. The van der Waals surface area contributed by atoms with Crippen LogP contribution in [-0.2, 0) is 25.6 Å². The maximum Gasteiger partial charge on any atom is 0.327 e. The fourth-order valence-corrected chi connectivity index (χ4v) is 6.68. The molecule has 2 aromatic carbocycles. The summed E-state index contributed by atoms with van der Waals surface area (Å²) in [4.78, 5) is 54.5. The van der Waals surface area contributed by atoms with E-state index in [1.54, 1.807) is 13.8 Å². The molecule has 0 atom stereocenters. The summed E-state index contributed by atoms with van der Waals surface area (Å²) in [7, 11) is 0. The zero-order valence-corrected chi connectivity index (χ0v) is 33.4. The topological polar surface area (TPSA) is 234 Å². The van der Waals surface area contributed by atoms with E-state index in [0.29, 0.717) is 0 Å². The number of hydrogen-bond donors (Lipinski definition) is 5. The van der Waals surface area contributed by atoms with Crippen LogP contribution in [-0.4, -0.2) is 83.0 Å². The molecular formula is C34H28Cl6N8O8. The van der Waals surface area contributed by atoms with E-state index in [2.05, 4.69) is 15.3 Å². The van der Waals surface area contributed by atoms with Gasteiger partial charge in [-0.2, -0.15) is 0 Å². The third kappa shape index (κ3) is 8.71. The van der Waals surface area contributed by atoms with Gasteiger partial charge in [-0.25, -0.2) is 10.5 Å². The van der Waals surface area contributed by atoms with Crippen LogP contribution >= 0.6 is 69.6 Å². The lowest BCUT2D eigenvalue weighted by Gasteiger charge is -2.16. The van der Waals surface area contributed by atoms with Crippen LogP contribution in [0.2, 0.25) is 30.4 Å². The van der Waals surface area contributed by atoms with E-state index in [1.165, 1.54) is 29.2 Å². The van der Waals surface area contributed by atoms with Crippen molar-refractivity contribution in [1.29, 1.82) is 0 Å². The van der Waals surface area contributed by atoms with Crippen molar-refractivity contribution >= 4 is 98.8 Å². The summed E-state index contributed by atoms with van der Waals surface area (Å²) in [5.74, 6) is 1.72. The summed E-state index contributed by atoms with van der Waals surface area (Å²) in [6.45, 7) is 3.03. The van der Waals surface area contributed by atoms with Crippen molar-refractivity contribution in [2.45, 2.75) is 20.4 Å². The Kier molecular flexibility index (Phi) is 13.2. The molecular weight excluding hydrogens is 861 g/mol. The Morgan fingerprint density at radius 3 is 2.16 bits per heavy atom. The number of phenolic OH excluding ortho intramolecular Hbond substituents is 2. The molecule has 3 aromatic heterocycles. The molecule has 7 N–H and O–H groups in total. The van der Waals surface area contributed by atoms with Crippen molar-refractivity contribution in [3.05, 3.63) is 101 Å². The van der Waals surface area contributed by atoms with Gasteiger partial charge < -0.3 is 35.4 Å². The second-order valence-corrected chi connectivity index (χ2v) is 13.8. The highest BCUT2D eigenvalue weighted by Crippen LogP contribution is 2.42. The molecule has 5 rings (SSSR count). The van der Waals surface area contributed by atoms with Gasteiger partial charge in [-0.1, -0.05) is 74.8 Å². The summed E-state index contributed by atoms with van der Waals surface area (Å²) in [6, 6.07) is 5.71. The van der Waals surface area contributed by atoms with Crippen LogP contribution in [0.15, 0.2) is 42.7 Å². The molecule has 22 heteroatoms. The lowest BCUT2D eigenvalue weighted by atomic mass is 10.0. The molecule has 5 aromatic rings. The van der Waals surface area contributed by atoms with Crippen LogP contribution in [0.1, 0.15) is 51.5 Å². The molecule has 16 nitrogen and oxygen atoms in total. The van der Waals surface area contributed by atoms with Gasteiger partial charge in [0.2, 0.25) is 11.6 Å². The summed E-state index contributed by atoms with van der Waals surface area (Å²) >= 11 is 39.0. The largest absolute Gasteiger partial charge is 0.507 e. The Morgan fingerprint density at radius 2 is 1.48 bits per heavy atom. The number of aromatic amines is 1. The molecule has 0 aliphatic rings. The number of phenols is 2. The first-order valence-corrected chi connectivity index (χ1v) is 18.2. The zero-order valence-electron chi connectivity index (χ0n) is 28.9. The van der Waals surface area contributed by atoms with Crippen LogP contribution in [0, 0.1) is 0 Å². The molecule has 0 amide bonds. The lowest BCUT2D eigenvalue weighted by molar-refractivity contribution is -0.144. The molecule has 0 radical (unpaired) electrons. The van der Waals surface area contributed by atoms with Crippen molar-refractivity contribution in [3.8, 4) is 28.4 Å². The number of H-pyrrole nitrogens is 1. The van der Waals surface area contributed by atoms with Crippen LogP contribution in [0.25, 0.3) is 22.6 Å². The maximum absolute atomic E-state index is 14.1. The predicted molar refractivity (Wildman–Crippen MR) is 209 cm³/mol. The van der Waals surface area contributed by atoms with Gasteiger partial charge in [0.05, 0.1) is 62.7 Å². The Hall–Kier alpha value is -4.94. The summed E-state index contributed by atoms with van der Waals surface area (Å²) in [6.07, 6.45) is 2.57. The average Bonchev–Trinajstić information content (AvgIpc) is 3.80. The molecule has 0 aliphatic heterocycles. The van der Waals surface area contributed by atoms with Crippen LogP contribution in [0.4, 0.5) is 0 Å². The quantitative estimate of drug-likeness (QED) is 0.0351. The number of benzene rings is 2. The van der Waals surface area contributed by atoms with E-state index in [0.717, 1.165) is 27.8 Å². The highest BCUT2D eigenvalue weighted by atomic mass is 35.5. The predicted octanol–water partition coefficient (Wildman–Crippen LogP) is 6.42. The maximum atomic E-state index is 14.1. The Morgan fingerprint density at radius 1 is 0.857 bits per heavy atom. The Labute approximate surface area is 346 Å². The molecule has 0 saturated carbocycles. The highest BCUT2D eigenvalue weighted by molar-refractivity contribution is 6.45. The van der Waals surface area contributed by atoms with Gasteiger partial charge in [0.1, 0.15) is 51.3 Å². The van der Waals surface area contributed by atoms with E-state index in [-0.39, 0.29) is 107 Å². The minimum atomic E-state index is -0.921. The first kappa shape index (κ1) is 42.2. The number of aromatic nitrogens is 5. The molecule has 56 heavy (non-hydrogen) atoms. The first-order valence-electron chi connectivity index (χ1n) is 16.0. The number of hydrogen-bond acceptors (Lipinski definition) is 13. The summed E-state index contributed by atoms with van der Waals surface area (Å²) < 4.78 is 12.0. The minimum Gasteiger partial charge on any atom is -0.507 e. The molecule has 0 saturated heterocycles. The lowest BCUT2D eigenvalue weighted by Crippen LogP contribution is -2.33. The standard InChI is InChI=1S/C34H28Cl6N8O8/c1-3-55-26(51)12-46(42)10-21(41)14-7-24(49)17(6-18(14)35)32(54)29-30(28(38)33(39)43-29)48-23(9-20(37)34(48)40)31(53)16-5-19(36)15(8-25(16)50)22-11-47(45-44-22)13-27(52)56-4-2/h5-11,43,49-50H,3-4,12-13,41-42H2,1-2H3/b21-10-. The van der Waals surface area contributed by atoms with Gasteiger partial charge in [-0.3, -0.25) is 23.7 Å². The van der Waals surface area contributed by atoms with E-state index in [9.17, 15) is 29.4 Å². The van der Waals surface area contributed by atoms with Gasteiger partial charge in [0.15, 0.2) is 0 Å². The second-order valence-electron chi connectivity index (χ2n) is 11.5. The monoisotopic (exact) mass is 886 g/mol. The van der Waals surface area contributed by atoms with Crippen LogP contribution in [0.5, 0.6) is 11.5 Å². The molecule has 0 fully saturated rings. The van der Waals surface area contributed by atoms with E-state index in [1.807, 2.05) is 0 Å². The number of carbonyl (C=O) groups excluding carboxylic acids is 4. The van der Waals surface area contributed by atoms with Crippen molar-refractivity contribution in [2.24, 2.45) is 11.6 Å². The summed E-state index contributed by atoms with van der Waals surface area (Å²) in [5, 5.41) is 29.8. The molecule has 3 heterocycles. The molecule has 0 aliphatic carbocycles. The zero-order chi connectivity index (χ0) is 41.2. The van der Waals surface area contributed by atoms with Gasteiger partial charge >= 0.3 is 11.9 Å². The SMILES string of the molecule is CCOC(=O)CN(N)/C=C(\N)c1cc(O)c(C(=O)c2[nH]c(Cl)c(Cl)c2-n2c(C(=O)c3cc(Cl)c(-c4cn(CC(=O)OCC)nn4)cc3O)cc(Cl)c2Cl)cc1Cl. The third-order valence-corrected chi connectivity index (χ3v) is 9.89. The molecule has 0 bridgehead atoms. The normalized spacial score (nSPS) is 11.5. The fraction of sp³-hybridized carbons (Fsp3) is 0.176. The molecule has 0 unspecified atom stereocenters. The second kappa shape index (κ2) is 17.5. The van der Waals surface area contributed by atoms with Crippen molar-refractivity contribution in [2.75, 3.05) is 19.8 Å². The van der Waals surface area contributed by atoms with Crippen molar-refractivity contribution in [1.82, 2.24) is 29.6 Å². The third-order valence-electron chi connectivity index (χ3n) is 7.76. The fourth-order valence-electron chi connectivity index (χ4n) is 5.32. The number of rotatable bonds is 14. The Balaban J connectivity index is 1.52. The highest BCUT2D eigenvalue weighted by Gasteiger charge is 2.32. The number of nitrogens with zero attached hydrogens (tertiary/aromatic N) is 5. The van der Waals surface area contributed by atoms with Crippen molar-refractivity contribution in [3.63, 3.8) is 0 Å². The number of ether oxygens (including phenoxy) is 2. The van der Waals surface area contributed by atoms with Gasteiger partial charge in [0.25, 0.3) is 0 Å². The van der Waals surface area contributed by atoms with Gasteiger partial charge in [0, 0.05) is 17.3 Å².